The van der Waals surface area contributed by atoms with Crippen molar-refractivity contribution < 1.29 is 14.3 Å². The molecule has 0 spiro atoms. The maximum atomic E-state index is 12.9. The molecule has 3 atom stereocenters. The van der Waals surface area contributed by atoms with Crippen LogP contribution >= 0.6 is 0 Å². The Kier molecular flexibility index (Phi) is 9.50. The fraction of sp³-hybridized carbons (Fsp3) is 0.536. The van der Waals surface area contributed by atoms with Crippen LogP contribution in [-0.2, 0) is 9.53 Å². The van der Waals surface area contributed by atoms with Crippen molar-refractivity contribution in [1.29, 1.82) is 5.26 Å². The van der Waals surface area contributed by atoms with Gasteiger partial charge in [0, 0.05) is 37.1 Å². The number of ether oxygens (including phenoxy) is 1. The van der Waals surface area contributed by atoms with Crippen LogP contribution in [0.4, 0.5) is 22.2 Å². The zero-order chi connectivity index (χ0) is 27.9. The number of hydrogen-bond acceptors (Lipinski definition) is 8. The molecule has 0 bridgehead atoms. The third-order valence-electron chi connectivity index (χ3n) is 6.49. The van der Waals surface area contributed by atoms with Crippen LogP contribution in [0.15, 0.2) is 30.5 Å². The molecule has 0 unspecified atom stereocenters. The van der Waals surface area contributed by atoms with Crippen molar-refractivity contribution in [2.45, 2.75) is 83.9 Å². The molecule has 1 aliphatic rings. The average Bonchev–Trinajstić information content (AvgIpc) is 3.34. The van der Waals surface area contributed by atoms with Gasteiger partial charge in [-0.1, -0.05) is 6.92 Å². The van der Waals surface area contributed by atoms with Crippen LogP contribution in [0.3, 0.4) is 0 Å². The molecule has 0 aliphatic heterocycles. The van der Waals surface area contributed by atoms with E-state index in [0.29, 0.717) is 11.5 Å². The van der Waals surface area contributed by atoms with Crippen LogP contribution in [0.5, 0.6) is 0 Å². The number of hydrogen-bond donors (Lipinski definition) is 3. The van der Waals surface area contributed by atoms with Crippen molar-refractivity contribution in [3.8, 4) is 6.07 Å². The van der Waals surface area contributed by atoms with Crippen molar-refractivity contribution in [2.24, 2.45) is 0 Å². The first-order chi connectivity index (χ1) is 18.0. The Balaban J connectivity index is 1.65. The van der Waals surface area contributed by atoms with Gasteiger partial charge in [0.05, 0.1) is 11.6 Å². The quantitative estimate of drug-likeness (QED) is 0.423. The van der Waals surface area contributed by atoms with E-state index in [0.717, 1.165) is 49.3 Å². The highest BCUT2D eigenvalue weighted by atomic mass is 16.6. The summed E-state index contributed by atoms with van der Waals surface area (Å²) in [4.78, 5) is 35.9. The van der Waals surface area contributed by atoms with Crippen molar-refractivity contribution in [1.82, 2.24) is 20.2 Å². The maximum absolute atomic E-state index is 12.9. The maximum Gasteiger partial charge on any atom is 0.410 e. The molecule has 10 nitrogen and oxygen atoms in total. The van der Waals surface area contributed by atoms with E-state index in [1.807, 2.05) is 18.3 Å². The lowest BCUT2D eigenvalue weighted by molar-refractivity contribution is -0.126. The summed E-state index contributed by atoms with van der Waals surface area (Å²) in [6, 6.07) is 8.58. The molecule has 1 heterocycles. The van der Waals surface area contributed by atoms with Gasteiger partial charge in [-0.3, -0.25) is 9.69 Å². The van der Waals surface area contributed by atoms with E-state index >= 15 is 0 Å². The fourth-order valence-electron chi connectivity index (χ4n) is 4.28. The molecule has 2 aromatic rings. The number of nitrogens with zero attached hydrogens (tertiary/aromatic N) is 4. The number of benzene rings is 1. The Labute approximate surface area is 225 Å². The minimum atomic E-state index is -0.651. The van der Waals surface area contributed by atoms with Crippen LogP contribution in [0.2, 0.25) is 0 Å². The van der Waals surface area contributed by atoms with E-state index in [-0.39, 0.29) is 17.9 Å². The number of aromatic nitrogens is 2. The summed E-state index contributed by atoms with van der Waals surface area (Å²) in [7, 11) is 1.58. The third-order valence-corrected chi connectivity index (χ3v) is 6.49. The molecule has 1 fully saturated rings. The number of likely N-dealkylation sites (N-methyl/N-ethyl adjacent to an activating group) is 1. The topological polar surface area (TPSA) is 132 Å². The van der Waals surface area contributed by atoms with Crippen LogP contribution in [0, 0.1) is 11.3 Å². The second-order valence-corrected chi connectivity index (χ2v) is 10.7. The number of carbonyl (C=O) groups excluding carboxylic acids is 2. The summed E-state index contributed by atoms with van der Waals surface area (Å²) >= 11 is 0. The van der Waals surface area contributed by atoms with Crippen molar-refractivity contribution >= 4 is 29.5 Å². The summed E-state index contributed by atoms with van der Waals surface area (Å²) in [5, 5.41) is 18.7. The van der Waals surface area contributed by atoms with E-state index in [4.69, 9.17) is 15.0 Å². The molecule has 3 N–H and O–H groups in total. The van der Waals surface area contributed by atoms with E-state index < -0.39 is 17.7 Å². The molecule has 0 radical (unpaired) electrons. The van der Waals surface area contributed by atoms with E-state index in [1.165, 1.54) is 4.90 Å². The zero-order valence-electron chi connectivity index (χ0n) is 23.2. The van der Waals surface area contributed by atoms with Gasteiger partial charge in [0.15, 0.2) is 0 Å². The summed E-state index contributed by atoms with van der Waals surface area (Å²) in [6.45, 7) is 9.97. The molecule has 0 saturated heterocycles. The number of rotatable bonds is 9. The molecule has 2 amide bonds. The Morgan fingerprint density at radius 2 is 1.95 bits per heavy atom. The van der Waals surface area contributed by atoms with Crippen LogP contribution in [0.1, 0.15) is 77.3 Å². The third kappa shape index (κ3) is 7.81. The first kappa shape index (κ1) is 28.7. The monoisotopic (exact) mass is 521 g/mol. The van der Waals surface area contributed by atoms with E-state index in [9.17, 15) is 9.59 Å². The fourth-order valence-corrected chi connectivity index (χ4v) is 4.28. The molecular formula is C28H39N7O3. The molecule has 1 aliphatic carbocycles. The normalized spacial score (nSPS) is 17.7. The van der Waals surface area contributed by atoms with Gasteiger partial charge in [-0.15, -0.1) is 0 Å². The van der Waals surface area contributed by atoms with Gasteiger partial charge < -0.3 is 20.7 Å². The van der Waals surface area contributed by atoms with Crippen LogP contribution in [0.25, 0.3) is 0 Å². The van der Waals surface area contributed by atoms with Gasteiger partial charge in [0.25, 0.3) is 0 Å². The highest BCUT2D eigenvalue weighted by molar-refractivity contribution is 5.85. The molecule has 204 valence electrons. The van der Waals surface area contributed by atoms with Gasteiger partial charge in [0.1, 0.15) is 17.5 Å². The highest BCUT2D eigenvalue weighted by Crippen LogP contribution is 2.37. The van der Waals surface area contributed by atoms with Gasteiger partial charge in [-0.05, 0) is 83.6 Å². The standard InChI is InChI=1S/C28H39N7O3/c1-7-14-30-24-23(17-31-26(34-24)33-21-11-8-19(16-29)9-12-21)20-10-13-22(15-20)32-25(36)18(2)35(6)27(37)38-28(3,4)5/h8-9,11-12,17-18,20,22H,7,10,13-15H2,1-6H3,(H,32,36)(H2,30,31,33,34)/t18-,20+,22-/m0/s1. The zero-order valence-corrected chi connectivity index (χ0v) is 23.2. The molecule has 1 aromatic heterocycles. The number of nitrogens with one attached hydrogen (secondary N) is 3. The van der Waals surface area contributed by atoms with E-state index in [2.05, 4.69) is 33.9 Å². The molecule has 38 heavy (non-hydrogen) atoms. The Morgan fingerprint density at radius 1 is 1.24 bits per heavy atom. The first-order valence-electron chi connectivity index (χ1n) is 13.1. The van der Waals surface area contributed by atoms with Crippen molar-refractivity contribution in [3.05, 3.63) is 41.6 Å². The second kappa shape index (κ2) is 12.6. The number of nitriles is 1. The molecule has 1 saturated carbocycles. The summed E-state index contributed by atoms with van der Waals surface area (Å²) in [5.74, 6) is 1.25. The van der Waals surface area contributed by atoms with Crippen LogP contribution < -0.4 is 16.0 Å². The summed E-state index contributed by atoms with van der Waals surface area (Å²) in [6.07, 6.45) is 4.77. The Bertz CT molecular complexity index is 1150. The molecule has 3 rings (SSSR count). The number of anilines is 3. The van der Waals surface area contributed by atoms with Crippen molar-refractivity contribution in [2.75, 3.05) is 24.2 Å². The highest BCUT2D eigenvalue weighted by Gasteiger charge is 2.32. The molecule has 10 heteroatoms. The lowest BCUT2D eigenvalue weighted by Gasteiger charge is -2.28. The smallest absolute Gasteiger partial charge is 0.410 e. The van der Waals surface area contributed by atoms with E-state index in [1.54, 1.807) is 46.9 Å². The summed E-state index contributed by atoms with van der Waals surface area (Å²) < 4.78 is 5.39. The Hall–Kier alpha value is -3.87. The molecular weight excluding hydrogens is 482 g/mol. The van der Waals surface area contributed by atoms with Crippen LogP contribution in [-0.4, -0.2) is 58.1 Å². The number of carbonyl (C=O) groups is 2. The van der Waals surface area contributed by atoms with Gasteiger partial charge in [-0.2, -0.15) is 10.2 Å². The first-order valence-corrected chi connectivity index (χ1v) is 13.1. The SMILES string of the molecule is CCCNc1nc(Nc2ccc(C#N)cc2)ncc1[C@@H]1CC[C@H](NC(=O)[C@H](C)N(C)C(=O)OC(C)(C)C)C1. The molecule has 1 aromatic carbocycles. The predicted molar refractivity (Wildman–Crippen MR) is 147 cm³/mol. The minimum absolute atomic E-state index is 0.00235. The predicted octanol–water partition coefficient (Wildman–Crippen LogP) is 4.92. The largest absolute Gasteiger partial charge is 0.444 e. The lowest BCUT2D eigenvalue weighted by Crippen LogP contribution is -2.49. The summed E-state index contributed by atoms with van der Waals surface area (Å²) in [5.41, 5.74) is 1.79. The van der Waals surface area contributed by atoms with Gasteiger partial charge in [0.2, 0.25) is 11.9 Å². The lowest BCUT2D eigenvalue weighted by atomic mass is 9.99. The minimum Gasteiger partial charge on any atom is -0.444 e. The second-order valence-electron chi connectivity index (χ2n) is 10.7. The Morgan fingerprint density at radius 3 is 2.58 bits per heavy atom. The number of amides is 2. The average molecular weight is 522 g/mol. The van der Waals surface area contributed by atoms with Crippen molar-refractivity contribution in [3.63, 3.8) is 0 Å². The van der Waals surface area contributed by atoms with Gasteiger partial charge in [-0.25, -0.2) is 9.78 Å². The van der Waals surface area contributed by atoms with Gasteiger partial charge >= 0.3 is 6.09 Å².